The largest absolute Gasteiger partial charge is 0.366 e. The van der Waals surface area contributed by atoms with Gasteiger partial charge in [0.1, 0.15) is 11.6 Å². The van der Waals surface area contributed by atoms with Gasteiger partial charge in [-0.2, -0.15) is 11.8 Å². The summed E-state index contributed by atoms with van der Waals surface area (Å²) in [6, 6.07) is 16.8. The van der Waals surface area contributed by atoms with Crippen molar-refractivity contribution < 1.29 is 18.4 Å². The Balaban J connectivity index is 0.000000441. The van der Waals surface area contributed by atoms with E-state index in [1.807, 2.05) is 30.0 Å². The van der Waals surface area contributed by atoms with Gasteiger partial charge in [-0.15, -0.1) is 0 Å². The molecule has 0 saturated heterocycles. The Morgan fingerprint density at radius 1 is 0.978 bits per heavy atom. The molecule has 0 aliphatic rings. The van der Waals surface area contributed by atoms with E-state index in [-0.39, 0.29) is 27.9 Å². The van der Waals surface area contributed by atoms with Gasteiger partial charge in [0.15, 0.2) is 0 Å². The van der Waals surface area contributed by atoms with Crippen molar-refractivity contribution in [1.82, 2.24) is 4.57 Å². The van der Waals surface area contributed by atoms with Crippen molar-refractivity contribution in [1.29, 1.82) is 0 Å². The number of nitrogens with two attached hydrogens (primary N) is 1. The minimum atomic E-state index is -0.837. The third-order valence-corrected chi connectivity index (χ3v) is 8.72. The van der Waals surface area contributed by atoms with Crippen LogP contribution in [0.1, 0.15) is 75.2 Å². The summed E-state index contributed by atoms with van der Waals surface area (Å²) in [4.78, 5) is 25.6. The van der Waals surface area contributed by atoms with Crippen molar-refractivity contribution in [2.24, 2.45) is 12.8 Å². The highest BCUT2D eigenvalue weighted by Gasteiger charge is 2.28. The molecule has 46 heavy (non-hydrogen) atoms. The number of hydrogen-bond donors (Lipinski definition) is 1. The number of aromatic nitrogens is 1. The molecule has 0 aliphatic carbocycles. The summed E-state index contributed by atoms with van der Waals surface area (Å²) >= 11 is 11.1. The van der Waals surface area contributed by atoms with Crippen molar-refractivity contribution in [3.05, 3.63) is 117 Å². The number of amides is 1. The second kappa shape index (κ2) is 18.7. The molecule has 0 unspecified atom stereocenters. The molecule has 4 aromatic rings. The molecular formula is C37H38BrClF2N2O2S. The number of benzene rings is 3. The standard InChI is InChI=1S/C28H27BrF2N2O2.C9H11ClS/c1-18-22(30)14-15-23(31)24(18)25-21(28(32)35)17-33(2)26(25)27(34)20-12-10-19(11-13-20)9-7-5-3-4-6-8-16-29;1-11-6-5-8-3-2-4-9(10)7-8/h10-15,17H,3-6,8,16H2,1-2H3,(H2,32,35);2-4,7H,5-6H2,1H3. The molecule has 2 N–H and O–H groups in total. The lowest BCUT2D eigenvalue weighted by Crippen LogP contribution is -2.13. The van der Waals surface area contributed by atoms with Crippen LogP contribution in [0, 0.1) is 30.4 Å². The average molecular weight is 728 g/mol. The number of hydrogen-bond acceptors (Lipinski definition) is 3. The smallest absolute Gasteiger partial charge is 0.250 e. The van der Waals surface area contributed by atoms with Gasteiger partial charge >= 0.3 is 0 Å². The van der Waals surface area contributed by atoms with Crippen LogP contribution in [-0.4, -0.2) is 33.6 Å². The van der Waals surface area contributed by atoms with Crippen LogP contribution in [0.3, 0.4) is 0 Å². The van der Waals surface area contributed by atoms with E-state index in [1.54, 1.807) is 31.3 Å². The highest BCUT2D eigenvalue weighted by molar-refractivity contribution is 9.09. The molecule has 0 saturated carbocycles. The maximum Gasteiger partial charge on any atom is 0.250 e. The fraction of sp³-hybridized carbons (Fsp3) is 0.297. The molecule has 9 heteroatoms. The van der Waals surface area contributed by atoms with Crippen LogP contribution < -0.4 is 5.73 Å². The van der Waals surface area contributed by atoms with E-state index >= 15 is 0 Å². The Labute approximate surface area is 288 Å². The van der Waals surface area contributed by atoms with Crippen molar-refractivity contribution >= 4 is 51.0 Å². The summed E-state index contributed by atoms with van der Waals surface area (Å²) in [6.07, 6.45) is 9.94. The van der Waals surface area contributed by atoms with Crippen LogP contribution in [0.25, 0.3) is 11.1 Å². The molecule has 4 nitrogen and oxygen atoms in total. The lowest BCUT2D eigenvalue weighted by atomic mass is 9.93. The Kier molecular flexibility index (Phi) is 15.1. The second-order valence-electron chi connectivity index (χ2n) is 10.7. The third-order valence-electron chi connectivity index (χ3n) is 7.31. The van der Waals surface area contributed by atoms with Gasteiger partial charge in [-0.3, -0.25) is 9.59 Å². The molecule has 0 atom stereocenters. The highest BCUT2D eigenvalue weighted by atomic mass is 79.9. The van der Waals surface area contributed by atoms with Gasteiger partial charge in [0.05, 0.1) is 11.3 Å². The number of nitrogens with zero attached hydrogens (tertiary/aromatic N) is 1. The summed E-state index contributed by atoms with van der Waals surface area (Å²) in [7, 11) is 1.56. The van der Waals surface area contributed by atoms with Crippen LogP contribution >= 0.6 is 39.3 Å². The predicted octanol–water partition coefficient (Wildman–Crippen LogP) is 9.55. The summed E-state index contributed by atoms with van der Waals surface area (Å²) < 4.78 is 30.6. The molecule has 242 valence electrons. The first-order valence-electron chi connectivity index (χ1n) is 15.0. The zero-order valence-electron chi connectivity index (χ0n) is 26.3. The predicted molar refractivity (Wildman–Crippen MR) is 191 cm³/mol. The van der Waals surface area contributed by atoms with Crippen molar-refractivity contribution in [2.45, 2.75) is 45.4 Å². The number of primary amides is 1. The molecule has 1 aromatic heterocycles. The monoisotopic (exact) mass is 726 g/mol. The van der Waals surface area contributed by atoms with E-state index in [0.717, 1.165) is 60.2 Å². The van der Waals surface area contributed by atoms with Gasteiger partial charge in [-0.05, 0) is 97.9 Å². The molecule has 0 aliphatic heterocycles. The van der Waals surface area contributed by atoms with Crippen LogP contribution in [0.2, 0.25) is 5.02 Å². The maximum absolute atomic E-state index is 14.8. The number of halogens is 4. The van der Waals surface area contributed by atoms with Gasteiger partial charge in [0, 0.05) is 52.3 Å². The number of unbranched alkanes of at least 4 members (excludes halogenated alkanes) is 4. The Hall–Kier alpha value is -3.38. The van der Waals surface area contributed by atoms with E-state index in [0.29, 0.717) is 5.56 Å². The molecule has 0 radical (unpaired) electrons. The van der Waals surface area contributed by atoms with E-state index in [2.05, 4.69) is 40.1 Å². The molecule has 4 rings (SSSR count). The van der Waals surface area contributed by atoms with E-state index in [1.165, 1.54) is 35.4 Å². The molecule has 1 heterocycles. The third kappa shape index (κ3) is 10.3. The summed E-state index contributed by atoms with van der Waals surface area (Å²) in [5.41, 5.74) is 7.79. The number of rotatable bonds is 12. The fourth-order valence-corrected chi connectivity index (χ4v) is 5.93. The van der Waals surface area contributed by atoms with Crippen LogP contribution in [0.15, 0.2) is 66.9 Å². The molecule has 0 fully saturated rings. The highest BCUT2D eigenvalue weighted by Crippen LogP contribution is 2.36. The molecule has 0 bridgehead atoms. The molecular weight excluding hydrogens is 690 g/mol. The number of aryl methyl sites for hydroxylation is 2. The lowest BCUT2D eigenvalue weighted by Gasteiger charge is -2.12. The number of alkyl halides is 1. The van der Waals surface area contributed by atoms with Crippen molar-refractivity contribution in [3.8, 4) is 23.0 Å². The maximum atomic E-state index is 14.8. The first kappa shape index (κ1) is 37.1. The Morgan fingerprint density at radius 3 is 2.33 bits per heavy atom. The summed E-state index contributed by atoms with van der Waals surface area (Å²) in [6.45, 7) is 1.40. The Morgan fingerprint density at radius 2 is 1.67 bits per heavy atom. The topological polar surface area (TPSA) is 65.1 Å². The minimum absolute atomic E-state index is 0.00873. The Bertz CT molecular complexity index is 1710. The molecule has 1 amide bonds. The summed E-state index contributed by atoms with van der Waals surface area (Å²) in [5, 5.41) is 1.86. The van der Waals surface area contributed by atoms with E-state index in [9.17, 15) is 18.4 Å². The van der Waals surface area contributed by atoms with Crippen LogP contribution in [0.4, 0.5) is 8.78 Å². The van der Waals surface area contributed by atoms with E-state index in [4.69, 9.17) is 17.3 Å². The zero-order valence-corrected chi connectivity index (χ0v) is 29.4. The van der Waals surface area contributed by atoms with Crippen LogP contribution in [-0.2, 0) is 13.5 Å². The first-order valence-corrected chi connectivity index (χ1v) is 17.8. The lowest BCUT2D eigenvalue weighted by molar-refractivity contribution is 0.0999. The number of ketones is 1. The number of thioether (sulfide) groups is 1. The number of carbonyl (C=O) groups excluding carboxylic acids is 2. The average Bonchev–Trinajstić information content (AvgIpc) is 3.38. The second-order valence-corrected chi connectivity index (χ2v) is 12.9. The molecule has 0 spiro atoms. The number of carbonyl (C=O) groups is 2. The van der Waals surface area contributed by atoms with Crippen molar-refractivity contribution in [2.75, 3.05) is 17.3 Å². The summed E-state index contributed by atoms with van der Waals surface area (Å²) in [5.74, 6) is 4.75. The van der Waals surface area contributed by atoms with Gasteiger partial charge in [-0.25, -0.2) is 8.78 Å². The first-order chi connectivity index (χ1) is 22.1. The zero-order chi connectivity index (χ0) is 33.6. The minimum Gasteiger partial charge on any atom is -0.366 e. The fourth-order valence-electron chi connectivity index (χ4n) is 4.88. The van der Waals surface area contributed by atoms with E-state index < -0.39 is 23.3 Å². The van der Waals surface area contributed by atoms with Gasteiger partial charge in [-0.1, -0.05) is 64.3 Å². The van der Waals surface area contributed by atoms with Gasteiger partial charge in [0.2, 0.25) is 5.78 Å². The quantitative estimate of drug-likeness (QED) is 0.0685. The van der Waals surface area contributed by atoms with Gasteiger partial charge in [0.25, 0.3) is 5.91 Å². The SMILES string of the molecule is CSCCc1cccc(Cl)c1.Cc1c(F)ccc(F)c1-c1c(C(N)=O)cn(C)c1C(=O)c1ccc(C#CCCCCCCBr)cc1. The molecule has 3 aromatic carbocycles. The van der Waals surface area contributed by atoms with Crippen LogP contribution in [0.5, 0.6) is 0 Å². The van der Waals surface area contributed by atoms with Gasteiger partial charge < -0.3 is 10.3 Å². The normalized spacial score (nSPS) is 10.5. The van der Waals surface area contributed by atoms with Crippen molar-refractivity contribution in [3.63, 3.8) is 0 Å².